The first-order valence-electron chi connectivity index (χ1n) is 11.3. The zero-order valence-corrected chi connectivity index (χ0v) is 20.2. The van der Waals surface area contributed by atoms with Crippen molar-refractivity contribution in [1.29, 1.82) is 0 Å². The van der Waals surface area contributed by atoms with E-state index in [0.717, 1.165) is 11.3 Å². The molecule has 1 aromatic heterocycles. The van der Waals surface area contributed by atoms with Crippen LogP contribution in [0.3, 0.4) is 0 Å². The normalized spacial score (nSPS) is 15.3. The minimum absolute atomic E-state index is 0.0512. The molecule has 4 rings (SSSR count). The molecule has 0 spiro atoms. The van der Waals surface area contributed by atoms with Gasteiger partial charge in [-0.3, -0.25) is 14.4 Å². The molecule has 8 nitrogen and oxygen atoms in total. The SMILES string of the molecule is COCCCNC(=O)c1ccccc1NC(=O)c1ccc([C@@H]2SCC(=O)N2Cc2ccco2)cc1. The lowest BCUT2D eigenvalue weighted by atomic mass is 10.1. The minimum atomic E-state index is -0.321. The third-order valence-electron chi connectivity index (χ3n) is 5.56. The van der Waals surface area contributed by atoms with Crippen LogP contribution in [0.1, 0.15) is 43.8 Å². The van der Waals surface area contributed by atoms with Gasteiger partial charge in [-0.25, -0.2) is 0 Å². The third-order valence-corrected chi connectivity index (χ3v) is 6.82. The number of amides is 3. The van der Waals surface area contributed by atoms with Crippen molar-refractivity contribution in [3.63, 3.8) is 0 Å². The molecule has 9 heteroatoms. The summed E-state index contributed by atoms with van der Waals surface area (Å²) in [5.74, 6) is 0.599. The van der Waals surface area contributed by atoms with E-state index in [9.17, 15) is 14.4 Å². The Morgan fingerprint density at radius 2 is 1.89 bits per heavy atom. The molecule has 3 aromatic rings. The standard InChI is InChI=1S/C26H27N3O5S/c1-33-14-5-13-27-25(32)21-7-2-3-8-22(21)28-24(31)18-9-11-19(12-10-18)26-29(23(30)17-35-26)16-20-6-4-15-34-20/h2-4,6-12,15,26H,5,13-14,16-17H2,1H3,(H,27,32)(H,28,31)/t26-/m0/s1. The van der Waals surface area contributed by atoms with Gasteiger partial charge in [0.1, 0.15) is 11.1 Å². The van der Waals surface area contributed by atoms with Gasteiger partial charge in [0.15, 0.2) is 0 Å². The highest BCUT2D eigenvalue weighted by Crippen LogP contribution is 2.39. The van der Waals surface area contributed by atoms with Crippen molar-refractivity contribution in [1.82, 2.24) is 10.2 Å². The molecule has 1 atom stereocenters. The number of nitrogens with one attached hydrogen (secondary N) is 2. The predicted octanol–water partition coefficient (Wildman–Crippen LogP) is 4.07. The fourth-order valence-corrected chi connectivity index (χ4v) is 4.96. The highest BCUT2D eigenvalue weighted by molar-refractivity contribution is 8.00. The molecule has 0 unspecified atom stereocenters. The van der Waals surface area contributed by atoms with Gasteiger partial charge in [0, 0.05) is 25.8 Å². The monoisotopic (exact) mass is 493 g/mol. The lowest BCUT2D eigenvalue weighted by molar-refractivity contribution is -0.128. The largest absolute Gasteiger partial charge is 0.467 e. The maximum Gasteiger partial charge on any atom is 0.255 e. The van der Waals surface area contributed by atoms with Gasteiger partial charge < -0.3 is 24.7 Å². The maximum absolute atomic E-state index is 12.9. The lowest BCUT2D eigenvalue weighted by Gasteiger charge is -2.23. The molecule has 1 fully saturated rings. The predicted molar refractivity (Wildman–Crippen MR) is 134 cm³/mol. The summed E-state index contributed by atoms with van der Waals surface area (Å²) in [5.41, 5.74) is 2.22. The van der Waals surface area contributed by atoms with Gasteiger partial charge in [-0.2, -0.15) is 0 Å². The van der Waals surface area contributed by atoms with E-state index in [1.807, 2.05) is 18.2 Å². The summed E-state index contributed by atoms with van der Waals surface area (Å²) in [6, 6.07) is 17.7. The van der Waals surface area contributed by atoms with Crippen LogP contribution in [0.5, 0.6) is 0 Å². The van der Waals surface area contributed by atoms with Crippen molar-refractivity contribution in [2.24, 2.45) is 0 Å². The molecule has 2 heterocycles. The second kappa shape index (κ2) is 11.7. The maximum atomic E-state index is 12.9. The lowest BCUT2D eigenvalue weighted by Crippen LogP contribution is -2.27. The Labute approximate surface area is 208 Å². The van der Waals surface area contributed by atoms with Crippen molar-refractivity contribution in [3.05, 3.63) is 89.4 Å². The Morgan fingerprint density at radius 1 is 1.09 bits per heavy atom. The molecular formula is C26H27N3O5S. The van der Waals surface area contributed by atoms with Crippen molar-refractivity contribution in [2.75, 3.05) is 31.3 Å². The summed E-state index contributed by atoms with van der Waals surface area (Å²) >= 11 is 1.55. The van der Waals surface area contributed by atoms with Crippen LogP contribution in [0, 0.1) is 0 Å². The molecule has 3 amide bonds. The van der Waals surface area contributed by atoms with Crippen LogP contribution in [-0.2, 0) is 16.1 Å². The molecule has 1 aliphatic rings. The number of ether oxygens (including phenoxy) is 1. The second-order valence-electron chi connectivity index (χ2n) is 7.99. The number of hydrogen-bond donors (Lipinski definition) is 2. The summed E-state index contributed by atoms with van der Waals surface area (Å²) in [7, 11) is 1.61. The highest BCUT2D eigenvalue weighted by Gasteiger charge is 2.33. The molecular weight excluding hydrogens is 466 g/mol. The van der Waals surface area contributed by atoms with Crippen LogP contribution < -0.4 is 10.6 Å². The number of nitrogens with zero attached hydrogens (tertiary/aromatic N) is 1. The number of benzene rings is 2. The second-order valence-corrected chi connectivity index (χ2v) is 9.06. The number of para-hydroxylation sites is 1. The van der Waals surface area contributed by atoms with Crippen LogP contribution in [0.4, 0.5) is 5.69 Å². The van der Waals surface area contributed by atoms with Gasteiger partial charge >= 0.3 is 0 Å². The van der Waals surface area contributed by atoms with E-state index in [1.54, 1.807) is 72.5 Å². The minimum Gasteiger partial charge on any atom is -0.467 e. The van der Waals surface area contributed by atoms with Crippen molar-refractivity contribution in [2.45, 2.75) is 18.3 Å². The van der Waals surface area contributed by atoms with Crippen molar-refractivity contribution >= 4 is 35.2 Å². The summed E-state index contributed by atoms with van der Waals surface area (Å²) in [4.78, 5) is 39.7. The zero-order chi connectivity index (χ0) is 24.6. The quantitative estimate of drug-likeness (QED) is 0.413. The van der Waals surface area contributed by atoms with E-state index < -0.39 is 0 Å². The van der Waals surface area contributed by atoms with Gasteiger partial charge in [-0.05, 0) is 48.4 Å². The number of rotatable bonds is 10. The first-order valence-corrected chi connectivity index (χ1v) is 12.3. The third kappa shape index (κ3) is 6.12. The summed E-state index contributed by atoms with van der Waals surface area (Å²) in [6.45, 7) is 1.44. The molecule has 35 heavy (non-hydrogen) atoms. The number of hydrogen-bond acceptors (Lipinski definition) is 6. The average Bonchev–Trinajstić information content (AvgIpc) is 3.52. The Balaban J connectivity index is 1.42. The summed E-state index contributed by atoms with van der Waals surface area (Å²) < 4.78 is 10.4. The number of thioether (sulfide) groups is 1. The van der Waals surface area contributed by atoms with E-state index in [1.165, 1.54) is 0 Å². The molecule has 2 N–H and O–H groups in total. The summed E-state index contributed by atoms with van der Waals surface area (Å²) in [6.07, 6.45) is 2.29. The summed E-state index contributed by atoms with van der Waals surface area (Å²) in [5, 5.41) is 5.53. The van der Waals surface area contributed by atoms with E-state index in [0.29, 0.717) is 48.7 Å². The average molecular weight is 494 g/mol. The van der Waals surface area contributed by atoms with Gasteiger partial charge in [0.05, 0.1) is 29.8 Å². The number of anilines is 1. The van der Waals surface area contributed by atoms with Crippen molar-refractivity contribution in [3.8, 4) is 0 Å². The molecule has 2 aromatic carbocycles. The molecule has 182 valence electrons. The molecule has 0 bridgehead atoms. The Hall–Kier alpha value is -3.56. The number of carbonyl (C=O) groups excluding carboxylic acids is 3. The number of methoxy groups -OCH3 is 1. The highest BCUT2D eigenvalue weighted by atomic mass is 32.2. The van der Waals surface area contributed by atoms with E-state index in [4.69, 9.17) is 9.15 Å². The fraction of sp³-hybridized carbons (Fsp3) is 0.269. The van der Waals surface area contributed by atoms with E-state index in [2.05, 4.69) is 10.6 Å². The van der Waals surface area contributed by atoms with Crippen LogP contribution in [0.15, 0.2) is 71.3 Å². The van der Waals surface area contributed by atoms with E-state index in [-0.39, 0.29) is 23.1 Å². The van der Waals surface area contributed by atoms with E-state index >= 15 is 0 Å². The molecule has 0 saturated carbocycles. The first-order chi connectivity index (χ1) is 17.1. The van der Waals surface area contributed by atoms with Gasteiger partial charge in [0.25, 0.3) is 11.8 Å². The Morgan fingerprint density at radius 3 is 2.63 bits per heavy atom. The Kier molecular flexibility index (Phi) is 8.23. The number of furan rings is 1. The smallest absolute Gasteiger partial charge is 0.255 e. The number of carbonyl (C=O) groups is 3. The first kappa shape index (κ1) is 24.6. The molecule has 1 saturated heterocycles. The fourth-order valence-electron chi connectivity index (χ4n) is 3.77. The molecule has 0 aliphatic carbocycles. The van der Waals surface area contributed by atoms with Gasteiger partial charge in [-0.1, -0.05) is 24.3 Å². The van der Waals surface area contributed by atoms with Crippen LogP contribution in [0.25, 0.3) is 0 Å². The zero-order valence-electron chi connectivity index (χ0n) is 19.4. The Bertz CT molecular complexity index is 1160. The molecule has 1 aliphatic heterocycles. The topological polar surface area (TPSA) is 101 Å². The van der Waals surface area contributed by atoms with Crippen LogP contribution >= 0.6 is 11.8 Å². The van der Waals surface area contributed by atoms with Crippen molar-refractivity contribution < 1.29 is 23.5 Å². The van der Waals surface area contributed by atoms with Gasteiger partial charge in [0.2, 0.25) is 5.91 Å². The van der Waals surface area contributed by atoms with Gasteiger partial charge in [-0.15, -0.1) is 11.8 Å². The van der Waals surface area contributed by atoms with Crippen LogP contribution in [0.2, 0.25) is 0 Å². The molecule has 0 radical (unpaired) electrons. The van der Waals surface area contributed by atoms with Crippen LogP contribution in [-0.4, -0.2) is 48.6 Å².